The maximum absolute atomic E-state index is 9.20. The van der Waals surface area contributed by atoms with E-state index in [1.54, 1.807) is 7.11 Å². The minimum Gasteiger partial charge on any atom is -0.497 e. The van der Waals surface area contributed by atoms with Crippen LogP contribution in [0.4, 0.5) is 17.5 Å². The SMILES string of the molecule is COc1cccc(Nc2cc(C3CC3)nc(N[C@H](C)CO)n2)c1. The molecule has 1 aromatic heterocycles. The molecule has 122 valence electrons. The van der Waals surface area contributed by atoms with Gasteiger partial charge in [-0.1, -0.05) is 6.07 Å². The molecule has 6 heteroatoms. The van der Waals surface area contributed by atoms with Crippen LogP contribution in [0.5, 0.6) is 5.75 Å². The lowest BCUT2D eigenvalue weighted by Gasteiger charge is -2.14. The van der Waals surface area contributed by atoms with Crippen molar-refractivity contribution in [3.05, 3.63) is 36.0 Å². The Kier molecular flexibility index (Phi) is 4.62. The predicted molar refractivity (Wildman–Crippen MR) is 90.5 cm³/mol. The zero-order valence-electron chi connectivity index (χ0n) is 13.4. The van der Waals surface area contributed by atoms with Crippen LogP contribution in [0.25, 0.3) is 0 Å². The van der Waals surface area contributed by atoms with Gasteiger partial charge in [-0.05, 0) is 31.9 Å². The number of anilines is 3. The monoisotopic (exact) mass is 314 g/mol. The Labute approximate surface area is 135 Å². The molecule has 0 amide bonds. The van der Waals surface area contributed by atoms with Crippen LogP contribution >= 0.6 is 0 Å². The Morgan fingerprint density at radius 2 is 2.13 bits per heavy atom. The smallest absolute Gasteiger partial charge is 0.225 e. The molecule has 6 nitrogen and oxygen atoms in total. The van der Waals surface area contributed by atoms with E-state index in [1.165, 1.54) is 12.8 Å². The fourth-order valence-electron chi connectivity index (χ4n) is 2.30. The van der Waals surface area contributed by atoms with Gasteiger partial charge in [-0.3, -0.25) is 0 Å². The van der Waals surface area contributed by atoms with Crippen molar-refractivity contribution in [2.75, 3.05) is 24.4 Å². The van der Waals surface area contributed by atoms with Crippen LogP contribution in [0, 0.1) is 0 Å². The Bertz CT molecular complexity index is 673. The van der Waals surface area contributed by atoms with Gasteiger partial charge in [0, 0.05) is 29.8 Å². The number of rotatable bonds is 7. The summed E-state index contributed by atoms with van der Waals surface area (Å²) in [6, 6.07) is 9.61. The Morgan fingerprint density at radius 3 is 2.83 bits per heavy atom. The summed E-state index contributed by atoms with van der Waals surface area (Å²) in [6.07, 6.45) is 2.34. The lowest BCUT2D eigenvalue weighted by molar-refractivity contribution is 0.281. The molecule has 1 aromatic carbocycles. The molecule has 1 aliphatic carbocycles. The van der Waals surface area contributed by atoms with E-state index in [0.717, 1.165) is 22.9 Å². The number of ether oxygens (including phenoxy) is 1. The first-order valence-electron chi connectivity index (χ1n) is 7.85. The topological polar surface area (TPSA) is 79.3 Å². The zero-order valence-corrected chi connectivity index (χ0v) is 13.4. The number of aromatic nitrogens is 2. The first-order chi connectivity index (χ1) is 11.2. The number of hydrogen-bond donors (Lipinski definition) is 3. The van der Waals surface area contributed by atoms with Crippen molar-refractivity contribution in [2.24, 2.45) is 0 Å². The predicted octanol–water partition coefficient (Wildman–Crippen LogP) is 2.90. The van der Waals surface area contributed by atoms with Crippen LogP contribution in [0.3, 0.4) is 0 Å². The van der Waals surface area contributed by atoms with Gasteiger partial charge in [-0.25, -0.2) is 4.98 Å². The molecule has 1 heterocycles. The third-order valence-electron chi connectivity index (χ3n) is 3.73. The van der Waals surface area contributed by atoms with E-state index in [2.05, 4.69) is 20.6 Å². The molecule has 0 aliphatic heterocycles. The average molecular weight is 314 g/mol. The molecule has 0 bridgehead atoms. The van der Waals surface area contributed by atoms with E-state index in [0.29, 0.717) is 11.9 Å². The van der Waals surface area contributed by atoms with Gasteiger partial charge < -0.3 is 20.5 Å². The molecule has 2 aromatic rings. The number of methoxy groups -OCH3 is 1. The maximum atomic E-state index is 9.20. The Morgan fingerprint density at radius 1 is 1.30 bits per heavy atom. The first kappa shape index (κ1) is 15.6. The molecule has 3 rings (SSSR count). The summed E-state index contributed by atoms with van der Waals surface area (Å²) in [6.45, 7) is 1.93. The second-order valence-corrected chi connectivity index (χ2v) is 5.86. The molecular weight excluding hydrogens is 292 g/mol. The van der Waals surface area contributed by atoms with Crippen molar-refractivity contribution in [1.82, 2.24) is 9.97 Å². The summed E-state index contributed by atoms with van der Waals surface area (Å²) < 4.78 is 5.24. The summed E-state index contributed by atoms with van der Waals surface area (Å²) in [5.41, 5.74) is 1.95. The van der Waals surface area contributed by atoms with Crippen molar-refractivity contribution in [3.8, 4) is 5.75 Å². The summed E-state index contributed by atoms with van der Waals surface area (Å²) in [5.74, 6) is 2.59. The van der Waals surface area contributed by atoms with Crippen molar-refractivity contribution in [1.29, 1.82) is 0 Å². The Balaban J connectivity index is 1.84. The van der Waals surface area contributed by atoms with Gasteiger partial charge in [0.1, 0.15) is 11.6 Å². The van der Waals surface area contributed by atoms with Gasteiger partial charge in [-0.15, -0.1) is 0 Å². The zero-order chi connectivity index (χ0) is 16.2. The van der Waals surface area contributed by atoms with E-state index in [4.69, 9.17) is 4.74 Å². The van der Waals surface area contributed by atoms with Crippen LogP contribution in [0.2, 0.25) is 0 Å². The minimum absolute atomic E-state index is 0.0374. The van der Waals surface area contributed by atoms with Gasteiger partial charge in [-0.2, -0.15) is 4.98 Å². The average Bonchev–Trinajstić information content (AvgIpc) is 3.39. The minimum atomic E-state index is -0.0888. The van der Waals surface area contributed by atoms with Crippen molar-refractivity contribution in [2.45, 2.75) is 31.7 Å². The Hall–Kier alpha value is -2.34. The number of benzene rings is 1. The third kappa shape index (κ3) is 4.10. The largest absolute Gasteiger partial charge is 0.497 e. The highest BCUT2D eigenvalue weighted by molar-refractivity contribution is 5.59. The lowest BCUT2D eigenvalue weighted by atomic mass is 10.2. The van der Waals surface area contributed by atoms with Crippen LogP contribution < -0.4 is 15.4 Å². The first-order valence-corrected chi connectivity index (χ1v) is 7.85. The fraction of sp³-hybridized carbons (Fsp3) is 0.412. The number of nitrogens with one attached hydrogen (secondary N) is 2. The fourth-order valence-corrected chi connectivity index (χ4v) is 2.30. The molecule has 3 N–H and O–H groups in total. The molecule has 0 spiro atoms. The standard InChI is InChI=1S/C17H22N4O2/c1-11(10-22)18-17-20-15(12-6-7-12)9-16(21-17)19-13-4-3-5-14(8-13)23-2/h3-5,8-9,11-12,22H,6-7,10H2,1-2H3,(H2,18,19,20,21)/t11-/m1/s1. The molecule has 1 atom stereocenters. The number of aliphatic hydroxyl groups is 1. The summed E-state index contributed by atoms with van der Waals surface area (Å²) in [7, 11) is 1.65. The van der Waals surface area contributed by atoms with Gasteiger partial charge in [0.2, 0.25) is 5.95 Å². The highest BCUT2D eigenvalue weighted by Crippen LogP contribution is 2.40. The molecule has 1 saturated carbocycles. The molecule has 1 fully saturated rings. The van der Waals surface area contributed by atoms with E-state index < -0.39 is 0 Å². The molecule has 0 unspecified atom stereocenters. The molecule has 0 radical (unpaired) electrons. The maximum Gasteiger partial charge on any atom is 0.225 e. The van der Waals surface area contributed by atoms with Crippen LogP contribution in [-0.2, 0) is 0 Å². The van der Waals surface area contributed by atoms with Crippen molar-refractivity contribution >= 4 is 17.5 Å². The normalized spacial score (nSPS) is 15.1. The van der Waals surface area contributed by atoms with Gasteiger partial charge in [0.25, 0.3) is 0 Å². The highest BCUT2D eigenvalue weighted by Gasteiger charge is 2.26. The number of hydrogen-bond acceptors (Lipinski definition) is 6. The van der Waals surface area contributed by atoms with Crippen molar-refractivity contribution in [3.63, 3.8) is 0 Å². The summed E-state index contributed by atoms with van der Waals surface area (Å²) in [5, 5.41) is 15.6. The van der Waals surface area contributed by atoms with Gasteiger partial charge in [0.15, 0.2) is 0 Å². The van der Waals surface area contributed by atoms with Crippen LogP contribution in [-0.4, -0.2) is 34.8 Å². The van der Waals surface area contributed by atoms with Crippen LogP contribution in [0.15, 0.2) is 30.3 Å². The van der Waals surface area contributed by atoms with Gasteiger partial charge >= 0.3 is 0 Å². The number of nitrogens with zero attached hydrogens (tertiary/aromatic N) is 2. The van der Waals surface area contributed by atoms with E-state index >= 15 is 0 Å². The molecular formula is C17H22N4O2. The van der Waals surface area contributed by atoms with E-state index in [1.807, 2.05) is 37.3 Å². The lowest BCUT2D eigenvalue weighted by Crippen LogP contribution is -2.21. The molecule has 0 saturated heterocycles. The highest BCUT2D eigenvalue weighted by atomic mass is 16.5. The third-order valence-corrected chi connectivity index (χ3v) is 3.73. The molecule has 1 aliphatic rings. The second-order valence-electron chi connectivity index (χ2n) is 5.86. The van der Waals surface area contributed by atoms with E-state index in [-0.39, 0.29) is 12.6 Å². The summed E-state index contributed by atoms with van der Waals surface area (Å²) >= 11 is 0. The second kappa shape index (κ2) is 6.83. The van der Waals surface area contributed by atoms with E-state index in [9.17, 15) is 5.11 Å². The van der Waals surface area contributed by atoms with Crippen LogP contribution in [0.1, 0.15) is 31.4 Å². The molecule has 23 heavy (non-hydrogen) atoms. The quantitative estimate of drug-likeness (QED) is 0.729. The van der Waals surface area contributed by atoms with Gasteiger partial charge in [0.05, 0.1) is 19.4 Å². The number of aliphatic hydroxyl groups excluding tert-OH is 1. The van der Waals surface area contributed by atoms with Crippen molar-refractivity contribution < 1.29 is 9.84 Å². The summed E-state index contributed by atoms with van der Waals surface area (Å²) in [4.78, 5) is 9.06.